The molecule has 2 rings (SSSR count). The van der Waals surface area contributed by atoms with Crippen molar-refractivity contribution in [1.29, 1.82) is 0 Å². The molecule has 0 bridgehead atoms. The van der Waals surface area contributed by atoms with E-state index in [2.05, 4.69) is 4.98 Å². The predicted molar refractivity (Wildman–Crippen MR) is 77.1 cm³/mol. The Kier molecular flexibility index (Phi) is 3.57. The van der Waals surface area contributed by atoms with E-state index in [1.807, 2.05) is 51.1 Å². The zero-order valence-electron chi connectivity index (χ0n) is 11.1. The first kappa shape index (κ1) is 13.5. The summed E-state index contributed by atoms with van der Waals surface area (Å²) in [6, 6.07) is 9.48. The normalized spacial score (nSPS) is 11.3. The number of nitrogen functional groups attached to an aromatic ring is 1. The second kappa shape index (κ2) is 5.01. The highest BCUT2D eigenvalue weighted by atomic mass is 32.1. The maximum atomic E-state index is 12.2. The minimum atomic E-state index is -0.538. The lowest BCUT2D eigenvalue weighted by molar-refractivity contribution is 0.00759. The summed E-state index contributed by atoms with van der Waals surface area (Å²) in [5.74, 6) is -0.388. The molecule has 0 saturated heterocycles. The van der Waals surface area contributed by atoms with Crippen LogP contribution in [0.25, 0.3) is 11.3 Å². The number of carbonyl (C=O) groups is 1. The Morgan fingerprint density at radius 2 is 1.89 bits per heavy atom. The monoisotopic (exact) mass is 276 g/mol. The summed E-state index contributed by atoms with van der Waals surface area (Å²) in [7, 11) is 0. The number of anilines is 1. The number of benzene rings is 1. The van der Waals surface area contributed by atoms with Gasteiger partial charge < -0.3 is 10.5 Å². The highest BCUT2D eigenvalue weighted by Gasteiger charge is 2.24. The topological polar surface area (TPSA) is 65.2 Å². The molecule has 0 aliphatic carbocycles. The summed E-state index contributed by atoms with van der Waals surface area (Å²) < 4.78 is 5.38. The third-order valence-electron chi connectivity index (χ3n) is 2.28. The Balaban J connectivity index is 2.40. The summed E-state index contributed by atoms with van der Waals surface area (Å²) in [4.78, 5) is 16.8. The Morgan fingerprint density at radius 1 is 1.26 bits per heavy atom. The van der Waals surface area contributed by atoms with Crippen LogP contribution in [-0.2, 0) is 4.74 Å². The zero-order valence-corrected chi connectivity index (χ0v) is 12.0. The second-order valence-corrected chi connectivity index (χ2v) is 6.13. The van der Waals surface area contributed by atoms with E-state index in [4.69, 9.17) is 10.5 Å². The van der Waals surface area contributed by atoms with E-state index >= 15 is 0 Å². The number of aromatic nitrogens is 1. The summed E-state index contributed by atoms with van der Waals surface area (Å²) in [6.07, 6.45) is 0. The molecule has 4 nitrogen and oxygen atoms in total. The molecule has 0 aliphatic heterocycles. The van der Waals surface area contributed by atoms with Crippen molar-refractivity contribution in [2.45, 2.75) is 26.4 Å². The number of nitrogens with zero attached hydrogens (tertiary/aromatic N) is 1. The molecule has 1 heterocycles. The minimum Gasteiger partial charge on any atom is -0.456 e. The number of thiazole rings is 1. The summed E-state index contributed by atoms with van der Waals surface area (Å²) >= 11 is 1.15. The van der Waals surface area contributed by atoms with Crippen molar-refractivity contribution in [3.05, 3.63) is 35.2 Å². The number of esters is 1. The van der Waals surface area contributed by atoms with Gasteiger partial charge in [-0.25, -0.2) is 9.78 Å². The van der Waals surface area contributed by atoms with Crippen LogP contribution in [0, 0.1) is 0 Å². The number of rotatable bonds is 2. The van der Waals surface area contributed by atoms with E-state index in [-0.39, 0.29) is 5.97 Å². The molecule has 2 aromatic rings. The SMILES string of the molecule is CC(C)(C)OC(=O)c1sc(N)nc1-c1ccccc1. The Bertz CT molecular complexity index is 585. The van der Waals surface area contributed by atoms with Crippen LogP contribution < -0.4 is 5.73 Å². The lowest BCUT2D eigenvalue weighted by Gasteiger charge is -2.19. The van der Waals surface area contributed by atoms with E-state index in [1.54, 1.807) is 0 Å². The Hall–Kier alpha value is -1.88. The molecular formula is C14H16N2O2S. The van der Waals surface area contributed by atoms with Crippen LogP contribution >= 0.6 is 11.3 Å². The molecule has 0 fully saturated rings. The standard InChI is InChI=1S/C14H16N2O2S/c1-14(2,3)18-12(17)11-10(16-13(15)19-11)9-7-5-4-6-8-9/h4-8H,1-3H3,(H2,15,16). The highest BCUT2D eigenvalue weighted by molar-refractivity contribution is 7.17. The first-order valence-electron chi connectivity index (χ1n) is 5.92. The average molecular weight is 276 g/mol. The fourth-order valence-corrected chi connectivity index (χ4v) is 2.32. The Morgan fingerprint density at radius 3 is 2.47 bits per heavy atom. The van der Waals surface area contributed by atoms with Gasteiger partial charge in [0.2, 0.25) is 0 Å². The minimum absolute atomic E-state index is 0.361. The van der Waals surface area contributed by atoms with Crippen LogP contribution in [0.1, 0.15) is 30.4 Å². The van der Waals surface area contributed by atoms with Gasteiger partial charge in [-0.3, -0.25) is 0 Å². The number of ether oxygens (including phenoxy) is 1. The van der Waals surface area contributed by atoms with Gasteiger partial charge in [0, 0.05) is 5.56 Å². The fourth-order valence-electron chi connectivity index (χ4n) is 1.59. The van der Waals surface area contributed by atoms with Crippen molar-refractivity contribution in [3.63, 3.8) is 0 Å². The van der Waals surface area contributed by atoms with E-state index < -0.39 is 5.60 Å². The molecule has 0 aliphatic rings. The third-order valence-corrected chi connectivity index (χ3v) is 3.14. The van der Waals surface area contributed by atoms with Crippen molar-refractivity contribution >= 4 is 22.4 Å². The molecule has 5 heteroatoms. The maximum Gasteiger partial charge on any atom is 0.351 e. The van der Waals surface area contributed by atoms with Gasteiger partial charge in [0.25, 0.3) is 0 Å². The molecule has 1 aromatic carbocycles. The van der Waals surface area contributed by atoms with Crippen molar-refractivity contribution in [1.82, 2.24) is 4.98 Å². The zero-order chi connectivity index (χ0) is 14.0. The largest absolute Gasteiger partial charge is 0.456 e. The summed E-state index contributed by atoms with van der Waals surface area (Å²) in [6.45, 7) is 5.49. The van der Waals surface area contributed by atoms with E-state index in [1.165, 1.54) is 0 Å². The number of carbonyl (C=O) groups excluding carboxylic acids is 1. The summed E-state index contributed by atoms with van der Waals surface area (Å²) in [5, 5.41) is 0.361. The molecular weight excluding hydrogens is 260 g/mol. The van der Waals surface area contributed by atoms with Crippen LogP contribution in [0.4, 0.5) is 5.13 Å². The van der Waals surface area contributed by atoms with Crippen molar-refractivity contribution in [2.75, 3.05) is 5.73 Å². The smallest absolute Gasteiger partial charge is 0.351 e. The van der Waals surface area contributed by atoms with Gasteiger partial charge in [-0.1, -0.05) is 41.7 Å². The highest BCUT2D eigenvalue weighted by Crippen LogP contribution is 2.31. The van der Waals surface area contributed by atoms with Crippen molar-refractivity contribution in [2.24, 2.45) is 0 Å². The quantitative estimate of drug-likeness (QED) is 0.854. The first-order chi connectivity index (χ1) is 8.87. The molecule has 0 unspecified atom stereocenters. The number of hydrogen-bond acceptors (Lipinski definition) is 5. The van der Waals surface area contributed by atoms with E-state index in [0.717, 1.165) is 16.9 Å². The van der Waals surface area contributed by atoms with Gasteiger partial charge in [0.05, 0.1) is 5.69 Å². The lowest BCUT2D eigenvalue weighted by atomic mass is 10.1. The van der Waals surface area contributed by atoms with Crippen LogP contribution in [0.2, 0.25) is 0 Å². The molecule has 2 N–H and O–H groups in total. The third kappa shape index (κ3) is 3.32. The molecule has 0 atom stereocenters. The van der Waals surface area contributed by atoms with E-state index in [9.17, 15) is 4.79 Å². The number of nitrogens with two attached hydrogens (primary N) is 1. The molecule has 0 radical (unpaired) electrons. The van der Waals surface area contributed by atoms with Gasteiger partial charge in [0.1, 0.15) is 10.5 Å². The lowest BCUT2D eigenvalue weighted by Crippen LogP contribution is -2.23. The average Bonchev–Trinajstić information content (AvgIpc) is 2.70. The summed E-state index contributed by atoms with van der Waals surface area (Å²) in [5.41, 5.74) is 6.62. The second-order valence-electron chi connectivity index (χ2n) is 5.10. The molecule has 19 heavy (non-hydrogen) atoms. The van der Waals surface area contributed by atoms with Gasteiger partial charge >= 0.3 is 5.97 Å². The molecule has 0 saturated carbocycles. The molecule has 0 spiro atoms. The molecule has 100 valence electrons. The van der Waals surface area contributed by atoms with Crippen LogP contribution in [0.3, 0.4) is 0 Å². The van der Waals surface area contributed by atoms with Crippen molar-refractivity contribution in [3.8, 4) is 11.3 Å². The Labute approximate surface area is 116 Å². The van der Waals surface area contributed by atoms with Crippen molar-refractivity contribution < 1.29 is 9.53 Å². The van der Waals surface area contributed by atoms with E-state index in [0.29, 0.717) is 15.7 Å². The molecule has 0 amide bonds. The number of hydrogen-bond donors (Lipinski definition) is 1. The van der Waals surface area contributed by atoms with Gasteiger partial charge in [-0.2, -0.15) is 0 Å². The fraction of sp³-hybridized carbons (Fsp3) is 0.286. The van der Waals surface area contributed by atoms with Crippen LogP contribution in [0.5, 0.6) is 0 Å². The van der Waals surface area contributed by atoms with Gasteiger partial charge in [0.15, 0.2) is 5.13 Å². The van der Waals surface area contributed by atoms with Gasteiger partial charge in [-0.15, -0.1) is 0 Å². The maximum absolute atomic E-state index is 12.2. The predicted octanol–water partition coefficient (Wildman–Crippen LogP) is 3.35. The van der Waals surface area contributed by atoms with Crippen LogP contribution in [0.15, 0.2) is 30.3 Å². The first-order valence-corrected chi connectivity index (χ1v) is 6.73. The van der Waals surface area contributed by atoms with Gasteiger partial charge in [-0.05, 0) is 20.8 Å². The molecule has 1 aromatic heterocycles. The van der Waals surface area contributed by atoms with Crippen LogP contribution in [-0.4, -0.2) is 16.6 Å².